The van der Waals surface area contributed by atoms with Gasteiger partial charge in [-0.15, -0.1) is 11.3 Å². The van der Waals surface area contributed by atoms with Crippen LogP contribution in [-0.4, -0.2) is 6.54 Å². The highest BCUT2D eigenvalue weighted by molar-refractivity contribution is 7.10. The van der Waals surface area contributed by atoms with Gasteiger partial charge < -0.3 is 5.73 Å². The number of aryl methyl sites for hydroxylation is 1. The van der Waals surface area contributed by atoms with Crippen molar-refractivity contribution >= 4 is 11.3 Å². The molecule has 0 saturated carbocycles. The minimum atomic E-state index is 0.569. The topological polar surface area (TPSA) is 26.0 Å². The summed E-state index contributed by atoms with van der Waals surface area (Å²) in [5.41, 5.74) is 7.19. The predicted molar refractivity (Wildman–Crippen MR) is 60.3 cm³/mol. The van der Waals surface area contributed by atoms with Crippen molar-refractivity contribution in [3.8, 4) is 0 Å². The average Bonchev–Trinajstić information content (AvgIpc) is 2.47. The lowest BCUT2D eigenvalue weighted by Gasteiger charge is -2.16. The van der Waals surface area contributed by atoms with Gasteiger partial charge in [0.05, 0.1) is 0 Å². The Morgan fingerprint density at radius 3 is 2.54 bits per heavy atom. The van der Waals surface area contributed by atoms with Gasteiger partial charge in [0.2, 0.25) is 0 Å². The lowest BCUT2D eigenvalue weighted by atomic mass is 9.94. The van der Waals surface area contributed by atoms with E-state index in [1.54, 1.807) is 0 Å². The van der Waals surface area contributed by atoms with Crippen LogP contribution in [-0.2, 0) is 0 Å². The summed E-state index contributed by atoms with van der Waals surface area (Å²) in [6, 6.07) is 2.18. The van der Waals surface area contributed by atoms with E-state index < -0.39 is 0 Å². The summed E-state index contributed by atoms with van der Waals surface area (Å²) < 4.78 is 0. The standard InChI is InChI=1S/C11H19NS/c1-8(2)6-10(7-12)11-9(3)4-5-13-11/h4-5,8,10H,6-7,12H2,1-3H3. The normalized spacial score (nSPS) is 13.6. The van der Waals surface area contributed by atoms with Crippen LogP contribution in [0.3, 0.4) is 0 Å². The minimum Gasteiger partial charge on any atom is -0.330 e. The molecule has 0 saturated heterocycles. The van der Waals surface area contributed by atoms with Crippen molar-refractivity contribution in [2.24, 2.45) is 11.7 Å². The van der Waals surface area contributed by atoms with Crippen molar-refractivity contribution in [2.75, 3.05) is 6.54 Å². The molecular formula is C11H19NS. The van der Waals surface area contributed by atoms with E-state index in [0.29, 0.717) is 5.92 Å². The van der Waals surface area contributed by atoms with Crippen LogP contribution in [0.25, 0.3) is 0 Å². The van der Waals surface area contributed by atoms with E-state index in [0.717, 1.165) is 12.5 Å². The zero-order chi connectivity index (χ0) is 9.84. The SMILES string of the molecule is Cc1ccsc1C(CN)CC(C)C. The summed E-state index contributed by atoms with van der Waals surface area (Å²) >= 11 is 1.84. The van der Waals surface area contributed by atoms with Gasteiger partial charge in [-0.3, -0.25) is 0 Å². The first-order valence-electron chi connectivity index (χ1n) is 4.89. The molecule has 1 aromatic heterocycles. The highest BCUT2D eigenvalue weighted by Crippen LogP contribution is 2.29. The molecule has 0 fully saturated rings. The Bertz CT molecular complexity index is 252. The highest BCUT2D eigenvalue weighted by atomic mass is 32.1. The van der Waals surface area contributed by atoms with Crippen LogP contribution in [0.5, 0.6) is 0 Å². The molecule has 1 unspecified atom stereocenters. The molecule has 0 aromatic carbocycles. The second-order valence-corrected chi connectivity index (χ2v) is 4.98. The van der Waals surface area contributed by atoms with Gasteiger partial charge >= 0.3 is 0 Å². The van der Waals surface area contributed by atoms with Gasteiger partial charge in [0.15, 0.2) is 0 Å². The highest BCUT2D eigenvalue weighted by Gasteiger charge is 2.14. The van der Waals surface area contributed by atoms with E-state index in [4.69, 9.17) is 5.73 Å². The molecule has 13 heavy (non-hydrogen) atoms. The number of thiophene rings is 1. The van der Waals surface area contributed by atoms with Gasteiger partial charge in [-0.2, -0.15) is 0 Å². The number of hydrogen-bond donors (Lipinski definition) is 1. The van der Waals surface area contributed by atoms with Crippen molar-refractivity contribution in [1.82, 2.24) is 0 Å². The molecule has 1 aromatic rings. The van der Waals surface area contributed by atoms with Crippen LogP contribution in [0.15, 0.2) is 11.4 Å². The minimum absolute atomic E-state index is 0.569. The van der Waals surface area contributed by atoms with Crippen molar-refractivity contribution in [1.29, 1.82) is 0 Å². The third kappa shape index (κ3) is 2.82. The molecule has 74 valence electrons. The average molecular weight is 197 g/mol. The van der Waals surface area contributed by atoms with Crippen LogP contribution in [0, 0.1) is 12.8 Å². The van der Waals surface area contributed by atoms with Crippen LogP contribution in [0.4, 0.5) is 0 Å². The first-order chi connectivity index (χ1) is 6.15. The Labute approximate surface area is 85.0 Å². The van der Waals surface area contributed by atoms with Gasteiger partial charge in [-0.05, 0) is 42.8 Å². The van der Waals surface area contributed by atoms with Crippen LogP contribution in [0.2, 0.25) is 0 Å². The van der Waals surface area contributed by atoms with E-state index in [1.165, 1.54) is 16.9 Å². The molecule has 0 radical (unpaired) electrons. The Balaban J connectivity index is 2.72. The molecule has 1 nitrogen and oxygen atoms in total. The van der Waals surface area contributed by atoms with E-state index in [-0.39, 0.29) is 0 Å². The Morgan fingerprint density at radius 2 is 2.15 bits per heavy atom. The predicted octanol–water partition coefficient (Wildman–Crippen LogP) is 3.14. The molecule has 0 bridgehead atoms. The molecular weight excluding hydrogens is 178 g/mol. The fourth-order valence-electron chi connectivity index (χ4n) is 1.68. The van der Waals surface area contributed by atoms with Crippen LogP contribution < -0.4 is 5.73 Å². The van der Waals surface area contributed by atoms with Crippen molar-refractivity contribution < 1.29 is 0 Å². The zero-order valence-electron chi connectivity index (χ0n) is 8.71. The van der Waals surface area contributed by atoms with Gasteiger partial charge in [-0.1, -0.05) is 13.8 Å². The van der Waals surface area contributed by atoms with E-state index >= 15 is 0 Å². The molecule has 0 amide bonds. The molecule has 1 heterocycles. The summed E-state index contributed by atoms with van der Waals surface area (Å²) in [6.45, 7) is 7.46. The molecule has 1 rings (SSSR count). The third-order valence-corrected chi connectivity index (χ3v) is 3.49. The Hall–Kier alpha value is -0.340. The third-order valence-electron chi connectivity index (χ3n) is 2.31. The number of nitrogens with two attached hydrogens (primary N) is 1. The van der Waals surface area contributed by atoms with Gasteiger partial charge in [0, 0.05) is 10.8 Å². The molecule has 0 aliphatic carbocycles. The molecule has 0 aliphatic rings. The summed E-state index contributed by atoms with van der Waals surface area (Å²) in [6.07, 6.45) is 1.21. The van der Waals surface area contributed by atoms with Crippen molar-refractivity contribution in [3.05, 3.63) is 21.9 Å². The maximum Gasteiger partial charge on any atom is 0.0118 e. The fraction of sp³-hybridized carbons (Fsp3) is 0.636. The summed E-state index contributed by atoms with van der Waals surface area (Å²) in [5, 5.41) is 2.16. The maximum absolute atomic E-state index is 5.79. The first-order valence-corrected chi connectivity index (χ1v) is 5.77. The quantitative estimate of drug-likeness (QED) is 0.788. The zero-order valence-corrected chi connectivity index (χ0v) is 9.53. The maximum atomic E-state index is 5.79. The molecule has 2 N–H and O–H groups in total. The van der Waals surface area contributed by atoms with Crippen LogP contribution in [0.1, 0.15) is 36.6 Å². The van der Waals surface area contributed by atoms with Gasteiger partial charge in [0.25, 0.3) is 0 Å². The van der Waals surface area contributed by atoms with Crippen molar-refractivity contribution in [3.63, 3.8) is 0 Å². The summed E-state index contributed by atoms with van der Waals surface area (Å²) in [5.74, 6) is 1.30. The number of hydrogen-bond acceptors (Lipinski definition) is 2. The Morgan fingerprint density at radius 1 is 1.46 bits per heavy atom. The fourth-order valence-corrected chi connectivity index (χ4v) is 2.74. The van der Waals surface area contributed by atoms with E-state index in [1.807, 2.05) is 11.3 Å². The second kappa shape index (κ2) is 4.77. The number of rotatable bonds is 4. The lowest BCUT2D eigenvalue weighted by molar-refractivity contribution is 0.508. The smallest absolute Gasteiger partial charge is 0.0118 e. The molecule has 2 heteroatoms. The lowest BCUT2D eigenvalue weighted by Crippen LogP contribution is -2.14. The molecule has 1 atom stereocenters. The summed E-state index contributed by atoms with van der Waals surface area (Å²) in [7, 11) is 0. The second-order valence-electron chi connectivity index (χ2n) is 4.03. The largest absolute Gasteiger partial charge is 0.330 e. The van der Waals surface area contributed by atoms with Crippen molar-refractivity contribution in [2.45, 2.75) is 33.1 Å². The Kier molecular flexibility index (Phi) is 3.94. The van der Waals surface area contributed by atoms with E-state index in [2.05, 4.69) is 32.2 Å². The molecule has 0 aliphatic heterocycles. The molecule has 0 spiro atoms. The van der Waals surface area contributed by atoms with Crippen LogP contribution >= 0.6 is 11.3 Å². The van der Waals surface area contributed by atoms with Gasteiger partial charge in [0.1, 0.15) is 0 Å². The first kappa shape index (κ1) is 10.7. The van der Waals surface area contributed by atoms with E-state index in [9.17, 15) is 0 Å². The monoisotopic (exact) mass is 197 g/mol. The summed E-state index contributed by atoms with van der Waals surface area (Å²) in [4.78, 5) is 1.48. The van der Waals surface area contributed by atoms with Gasteiger partial charge in [-0.25, -0.2) is 0 Å².